The Hall–Kier alpha value is -0.260. The van der Waals surface area contributed by atoms with Gasteiger partial charge in [-0.2, -0.15) is 0 Å². The van der Waals surface area contributed by atoms with Gasteiger partial charge in [-0.25, -0.2) is 0 Å². The molecule has 0 atom stereocenters. The SMILES string of the molecule is NC(Br)(Br)Oc1ccccc1O. The molecule has 0 aromatic heterocycles. The molecular weight excluding hydrogens is 290 g/mol. The van der Waals surface area contributed by atoms with Crippen LogP contribution in [0.15, 0.2) is 24.3 Å². The first kappa shape index (κ1) is 9.83. The number of phenolic OH excluding ortho intramolecular Hbond substituents is 1. The summed E-state index contributed by atoms with van der Waals surface area (Å²) < 4.78 is 3.95. The van der Waals surface area contributed by atoms with Crippen molar-refractivity contribution in [3.8, 4) is 11.5 Å². The molecule has 0 amide bonds. The smallest absolute Gasteiger partial charge is 0.271 e. The molecule has 0 aliphatic rings. The number of para-hydroxylation sites is 2. The van der Waals surface area contributed by atoms with E-state index in [4.69, 9.17) is 10.5 Å². The number of halogens is 2. The fourth-order valence-corrected chi connectivity index (χ4v) is 1.04. The van der Waals surface area contributed by atoms with Crippen LogP contribution in [0.25, 0.3) is 0 Å². The normalized spacial score (nSPS) is 11.2. The second kappa shape index (κ2) is 3.64. The summed E-state index contributed by atoms with van der Waals surface area (Å²) in [5, 5.41) is 9.25. The molecule has 0 saturated carbocycles. The number of rotatable bonds is 2. The Kier molecular flexibility index (Phi) is 2.98. The molecular formula is C7H7Br2NO2. The van der Waals surface area contributed by atoms with Crippen LogP contribution in [0.1, 0.15) is 0 Å². The number of phenols is 1. The summed E-state index contributed by atoms with van der Waals surface area (Å²) in [6.45, 7) is 0. The Morgan fingerprint density at radius 1 is 1.33 bits per heavy atom. The van der Waals surface area contributed by atoms with Crippen molar-refractivity contribution in [3.05, 3.63) is 24.3 Å². The molecule has 0 aliphatic heterocycles. The van der Waals surface area contributed by atoms with Gasteiger partial charge in [0.05, 0.1) is 0 Å². The third-order valence-corrected chi connectivity index (χ3v) is 1.44. The minimum atomic E-state index is -1.14. The Bertz CT molecular complexity index is 272. The number of ether oxygens (including phenoxy) is 1. The molecule has 0 spiro atoms. The summed E-state index contributed by atoms with van der Waals surface area (Å²) in [5.74, 6) is 0.361. The van der Waals surface area contributed by atoms with Crippen LogP contribution >= 0.6 is 31.9 Å². The van der Waals surface area contributed by atoms with Gasteiger partial charge in [-0.15, -0.1) is 0 Å². The minimum absolute atomic E-state index is 0.0474. The summed E-state index contributed by atoms with van der Waals surface area (Å²) >= 11 is 6.02. The molecule has 0 fully saturated rings. The predicted octanol–water partition coefficient (Wildman–Crippen LogP) is 2.13. The summed E-state index contributed by atoms with van der Waals surface area (Å²) in [7, 11) is 0. The van der Waals surface area contributed by atoms with Crippen molar-refractivity contribution >= 4 is 31.9 Å². The zero-order valence-corrected chi connectivity index (χ0v) is 9.17. The molecule has 1 rings (SSSR count). The molecule has 12 heavy (non-hydrogen) atoms. The molecule has 3 nitrogen and oxygen atoms in total. The van der Waals surface area contributed by atoms with Crippen molar-refractivity contribution in [3.63, 3.8) is 0 Å². The van der Waals surface area contributed by atoms with Crippen LogP contribution in [-0.2, 0) is 0 Å². The average Bonchev–Trinajstić information content (AvgIpc) is 1.91. The Morgan fingerprint density at radius 3 is 2.42 bits per heavy atom. The monoisotopic (exact) mass is 295 g/mol. The molecule has 1 aromatic rings. The number of aromatic hydroxyl groups is 1. The van der Waals surface area contributed by atoms with Crippen molar-refractivity contribution in [2.24, 2.45) is 5.73 Å². The van der Waals surface area contributed by atoms with Gasteiger partial charge in [-0.3, -0.25) is 5.73 Å². The van der Waals surface area contributed by atoms with Crippen LogP contribution in [0.4, 0.5) is 0 Å². The van der Waals surface area contributed by atoms with E-state index in [1.54, 1.807) is 18.2 Å². The Labute approximate surface area is 86.8 Å². The maximum Gasteiger partial charge on any atom is 0.271 e. The first-order valence-corrected chi connectivity index (χ1v) is 4.71. The zero-order chi connectivity index (χ0) is 9.19. The largest absolute Gasteiger partial charge is 0.504 e. The molecule has 0 heterocycles. The van der Waals surface area contributed by atoms with Crippen LogP contribution in [0.2, 0.25) is 0 Å². The fourth-order valence-electron chi connectivity index (χ4n) is 0.690. The van der Waals surface area contributed by atoms with Gasteiger partial charge in [-0.1, -0.05) is 12.1 Å². The highest BCUT2D eigenvalue weighted by atomic mass is 79.9. The summed E-state index contributed by atoms with van der Waals surface area (Å²) in [6, 6.07) is 6.56. The van der Waals surface area contributed by atoms with Gasteiger partial charge < -0.3 is 9.84 Å². The highest BCUT2D eigenvalue weighted by Crippen LogP contribution is 2.31. The molecule has 3 N–H and O–H groups in total. The van der Waals surface area contributed by atoms with E-state index < -0.39 is 3.54 Å². The standard InChI is InChI=1S/C7H7Br2NO2/c8-7(9,10)12-6-4-2-1-3-5(6)11/h1-4,11H,10H2. The second-order valence-electron chi connectivity index (χ2n) is 2.13. The first-order chi connectivity index (χ1) is 5.49. The molecule has 0 radical (unpaired) electrons. The van der Waals surface area contributed by atoms with Gasteiger partial charge in [0.25, 0.3) is 3.54 Å². The van der Waals surface area contributed by atoms with E-state index >= 15 is 0 Å². The summed E-state index contributed by atoms with van der Waals surface area (Å²) in [6.07, 6.45) is 0. The molecule has 1 aromatic carbocycles. The lowest BCUT2D eigenvalue weighted by Crippen LogP contribution is -2.31. The fraction of sp³-hybridized carbons (Fsp3) is 0.143. The lowest BCUT2D eigenvalue weighted by atomic mass is 10.3. The maximum absolute atomic E-state index is 9.25. The molecule has 66 valence electrons. The third kappa shape index (κ3) is 3.00. The van der Waals surface area contributed by atoms with Gasteiger partial charge in [-0.05, 0) is 44.0 Å². The van der Waals surface area contributed by atoms with Gasteiger partial charge in [0.1, 0.15) is 0 Å². The molecule has 0 unspecified atom stereocenters. The van der Waals surface area contributed by atoms with Crippen LogP contribution in [0.3, 0.4) is 0 Å². The molecule has 0 saturated heterocycles. The lowest BCUT2D eigenvalue weighted by Gasteiger charge is -2.17. The van der Waals surface area contributed by atoms with Crippen molar-refractivity contribution in [1.82, 2.24) is 0 Å². The van der Waals surface area contributed by atoms with Gasteiger partial charge >= 0.3 is 0 Å². The predicted molar refractivity (Wildman–Crippen MR) is 53.5 cm³/mol. The summed E-state index contributed by atoms with van der Waals surface area (Å²) in [5.41, 5.74) is 5.44. The lowest BCUT2D eigenvalue weighted by molar-refractivity contribution is 0.265. The van der Waals surface area contributed by atoms with Crippen LogP contribution in [0, 0.1) is 0 Å². The highest BCUT2D eigenvalue weighted by molar-refractivity contribution is 9.25. The van der Waals surface area contributed by atoms with Gasteiger partial charge in [0.2, 0.25) is 0 Å². The number of nitrogens with two attached hydrogens (primary N) is 1. The van der Waals surface area contributed by atoms with Crippen LogP contribution in [-0.4, -0.2) is 8.65 Å². The van der Waals surface area contributed by atoms with Gasteiger partial charge in [0.15, 0.2) is 11.5 Å². The van der Waals surface area contributed by atoms with E-state index in [-0.39, 0.29) is 5.75 Å². The van der Waals surface area contributed by atoms with E-state index in [0.717, 1.165) is 0 Å². The number of hydrogen-bond acceptors (Lipinski definition) is 3. The van der Waals surface area contributed by atoms with E-state index in [2.05, 4.69) is 31.9 Å². The van der Waals surface area contributed by atoms with Crippen molar-refractivity contribution < 1.29 is 9.84 Å². The van der Waals surface area contributed by atoms with Crippen molar-refractivity contribution in [2.45, 2.75) is 3.54 Å². The van der Waals surface area contributed by atoms with Crippen LogP contribution in [0.5, 0.6) is 11.5 Å². The van der Waals surface area contributed by atoms with Crippen molar-refractivity contribution in [2.75, 3.05) is 0 Å². The second-order valence-corrected chi connectivity index (χ2v) is 5.55. The summed E-state index contributed by atoms with van der Waals surface area (Å²) in [4.78, 5) is 0. The highest BCUT2D eigenvalue weighted by Gasteiger charge is 2.18. The molecule has 0 bridgehead atoms. The molecule has 0 aliphatic carbocycles. The van der Waals surface area contributed by atoms with E-state index in [1.165, 1.54) is 6.07 Å². The van der Waals surface area contributed by atoms with Crippen LogP contribution < -0.4 is 10.5 Å². The average molecular weight is 297 g/mol. The minimum Gasteiger partial charge on any atom is -0.504 e. The Morgan fingerprint density at radius 2 is 1.92 bits per heavy atom. The third-order valence-electron chi connectivity index (χ3n) is 1.11. The number of benzene rings is 1. The van der Waals surface area contributed by atoms with Crippen molar-refractivity contribution in [1.29, 1.82) is 0 Å². The van der Waals surface area contributed by atoms with E-state index in [0.29, 0.717) is 5.75 Å². The van der Waals surface area contributed by atoms with E-state index in [1.807, 2.05) is 0 Å². The first-order valence-electron chi connectivity index (χ1n) is 3.13. The quantitative estimate of drug-likeness (QED) is 0.499. The molecule has 5 heteroatoms. The van der Waals surface area contributed by atoms with Gasteiger partial charge in [0, 0.05) is 0 Å². The van der Waals surface area contributed by atoms with E-state index in [9.17, 15) is 5.11 Å². The Balaban J connectivity index is 2.83. The zero-order valence-electron chi connectivity index (χ0n) is 6.00. The number of alkyl halides is 2. The topological polar surface area (TPSA) is 55.5 Å². The maximum atomic E-state index is 9.25. The number of hydrogen-bond donors (Lipinski definition) is 2.